The van der Waals surface area contributed by atoms with Crippen molar-refractivity contribution < 1.29 is 4.39 Å². The summed E-state index contributed by atoms with van der Waals surface area (Å²) >= 11 is 5.64. The van der Waals surface area contributed by atoms with Gasteiger partial charge in [0.15, 0.2) is 5.82 Å². The van der Waals surface area contributed by atoms with E-state index in [9.17, 15) is 4.39 Å². The minimum absolute atomic E-state index is 0.0635. The summed E-state index contributed by atoms with van der Waals surface area (Å²) in [7, 11) is 0. The maximum absolute atomic E-state index is 13.4. The van der Waals surface area contributed by atoms with Crippen LogP contribution in [-0.4, -0.2) is 9.66 Å². The van der Waals surface area contributed by atoms with Crippen molar-refractivity contribution in [2.75, 3.05) is 11.6 Å². The predicted octanol–water partition coefficient (Wildman–Crippen LogP) is 2.76. The first-order valence-corrected chi connectivity index (χ1v) is 5.88. The molecule has 0 aliphatic carbocycles. The summed E-state index contributed by atoms with van der Waals surface area (Å²) in [6.07, 6.45) is 0. The highest BCUT2D eigenvalue weighted by atomic mass is 35.5. The van der Waals surface area contributed by atoms with E-state index in [0.29, 0.717) is 22.9 Å². The summed E-state index contributed by atoms with van der Waals surface area (Å²) < 4.78 is 14.7. The van der Waals surface area contributed by atoms with Crippen molar-refractivity contribution >= 4 is 17.4 Å². The van der Waals surface area contributed by atoms with Gasteiger partial charge in [0, 0.05) is 11.5 Å². The SMILES string of the molecule is CC(C)c1nc(-c2ccc(Cl)c(F)c2)c(N)n1N. The van der Waals surface area contributed by atoms with Crippen molar-refractivity contribution in [3.63, 3.8) is 0 Å². The molecule has 1 heterocycles. The second-order valence-corrected chi connectivity index (χ2v) is 4.76. The van der Waals surface area contributed by atoms with Crippen molar-refractivity contribution in [2.45, 2.75) is 19.8 Å². The number of nitrogen functional groups attached to an aromatic ring is 2. The first-order valence-electron chi connectivity index (χ1n) is 5.50. The lowest BCUT2D eigenvalue weighted by Crippen LogP contribution is -2.16. The number of imidazole rings is 1. The van der Waals surface area contributed by atoms with Gasteiger partial charge in [-0.25, -0.2) is 14.1 Å². The Morgan fingerprint density at radius 2 is 2.06 bits per heavy atom. The van der Waals surface area contributed by atoms with Gasteiger partial charge >= 0.3 is 0 Å². The second kappa shape index (κ2) is 4.49. The van der Waals surface area contributed by atoms with Crippen LogP contribution in [0.2, 0.25) is 5.02 Å². The Morgan fingerprint density at radius 1 is 1.39 bits per heavy atom. The average Bonchev–Trinajstić information content (AvgIpc) is 2.60. The lowest BCUT2D eigenvalue weighted by atomic mass is 10.1. The van der Waals surface area contributed by atoms with Crippen molar-refractivity contribution in [1.29, 1.82) is 0 Å². The van der Waals surface area contributed by atoms with E-state index < -0.39 is 5.82 Å². The molecule has 0 radical (unpaired) electrons. The fourth-order valence-electron chi connectivity index (χ4n) is 1.73. The van der Waals surface area contributed by atoms with E-state index in [0.717, 1.165) is 0 Å². The molecule has 0 fully saturated rings. The van der Waals surface area contributed by atoms with Crippen LogP contribution in [0.5, 0.6) is 0 Å². The van der Waals surface area contributed by atoms with Gasteiger partial charge in [-0.2, -0.15) is 0 Å². The van der Waals surface area contributed by atoms with Gasteiger partial charge in [0.05, 0.1) is 5.02 Å². The zero-order valence-electron chi connectivity index (χ0n) is 10.1. The van der Waals surface area contributed by atoms with E-state index in [-0.39, 0.29) is 10.9 Å². The van der Waals surface area contributed by atoms with Crippen LogP contribution in [0.25, 0.3) is 11.3 Å². The molecule has 0 aliphatic rings. The minimum atomic E-state index is -0.508. The molecular weight excluding hydrogens is 255 g/mol. The van der Waals surface area contributed by atoms with E-state index in [1.807, 2.05) is 13.8 Å². The quantitative estimate of drug-likeness (QED) is 0.823. The van der Waals surface area contributed by atoms with E-state index in [1.165, 1.54) is 16.8 Å². The first kappa shape index (κ1) is 12.7. The average molecular weight is 269 g/mol. The monoisotopic (exact) mass is 268 g/mol. The zero-order valence-corrected chi connectivity index (χ0v) is 10.9. The molecule has 0 aliphatic heterocycles. The summed E-state index contributed by atoms with van der Waals surface area (Å²) in [4.78, 5) is 4.35. The number of halogens is 2. The van der Waals surface area contributed by atoms with Crippen LogP contribution < -0.4 is 11.6 Å². The Hall–Kier alpha value is -1.75. The van der Waals surface area contributed by atoms with Gasteiger partial charge in [-0.1, -0.05) is 31.5 Å². The topological polar surface area (TPSA) is 69.9 Å². The Bertz CT molecular complexity index is 592. The van der Waals surface area contributed by atoms with E-state index in [1.54, 1.807) is 6.07 Å². The van der Waals surface area contributed by atoms with Crippen molar-refractivity contribution in [2.24, 2.45) is 0 Å². The van der Waals surface area contributed by atoms with Gasteiger partial charge in [0.1, 0.15) is 17.3 Å². The molecule has 0 saturated carbocycles. The molecule has 4 nitrogen and oxygen atoms in total. The minimum Gasteiger partial charge on any atom is -0.382 e. The molecule has 0 bridgehead atoms. The van der Waals surface area contributed by atoms with Gasteiger partial charge in [-0.3, -0.25) is 0 Å². The third kappa shape index (κ3) is 2.01. The van der Waals surface area contributed by atoms with Crippen LogP contribution in [0.3, 0.4) is 0 Å². The number of hydrogen-bond acceptors (Lipinski definition) is 3. The second-order valence-electron chi connectivity index (χ2n) is 4.36. The largest absolute Gasteiger partial charge is 0.382 e. The standard InChI is InChI=1S/C12H14ClFN4/c1-6(2)12-17-10(11(15)18(12)16)7-3-4-8(13)9(14)5-7/h3-6H,15-16H2,1-2H3. The Kier molecular flexibility index (Phi) is 3.17. The highest BCUT2D eigenvalue weighted by Crippen LogP contribution is 2.29. The first-order chi connectivity index (χ1) is 8.41. The lowest BCUT2D eigenvalue weighted by molar-refractivity contribution is 0.628. The van der Waals surface area contributed by atoms with Gasteiger partial charge < -0.3 is 11.6 Å². The van der Waals surface area contributed by atoms with Crippen LogP contribution in [-0.2, 0) is 0 Å². The molecular formula is C12H14ClFN4. The molecule has 18 heavy (non-hydrogen) atoms. The number of hydrogen-bond donors (Lipinski definition) is 2. The number of rotatable bonds is 2. The number of nitrogens with two attached hydrogens (primary N) is 2. The fraction of sp³-hybridized carbons (Fsp3) is 0.250. The Morgan fingerprint density at radius 3 is 2.56 bits per heavy atom. The van der Waals surface area contributed by atoms with E-state index in [4.69, 9.17) is 23.2 Å². The number of benzene rings is 1. The van der Waals surface area contributed by atoms with Gasteiger partial charge in [-0.15, -0.1) is 0 Å². The zero-order chi connectivity index (χ0) is 13.4. The van der Waals surface area contributed by atoms with Gasteiger partial charge in [0.2, 0.25) is 0 Å². The molecule has 0 atom stereocenters. The van der Waals surface area contributed by atoms with Crippen molar-refractivity contribution in [3.8, 4) is 11.3 Å². The normalized spacial score (nSPS) is 11.2. The molecule has 96 valence electrons. The fourth-order valence-corrected chi connectivity index (χ4v) is 1.84. The molecule has 2 rings (SSSR count). The number of anilines is 1. The third-order valence-corrected chi connectivity index (χ3v) is 2.99. The molecule has 0 amide bonds. The maximum Gasteiger partial charge on any atom is 0.150 e. The van der Waals surface area contributed by atoms with E-state index >= 15 is 0 Å². The molecule has 0 saturated heterocycles. The highest BCUT2D eigenvalue weighted by molar-refractivity contribution is 6.30. The molecule has 0 unspecified atom stereocenters. The highest BCUT2D eigenvalue weighted by Gasteiger charge is 2.17. The molecule has 0 spiro atoms. The summed E-state index contributed by atoms with van der Waals surface area (Å²) in [6, 6.07) is 4.43. The van der Waals surface area contributed by atoms with Gasteiger partial charge in [-0.05, 0) is 12.1 Å². The number of aromatic nitrogens is 2. The predicted molar refractivity (Wildman–Crippen MR) is 71.3 cm³/mol. The van der Waals surface area contributed by atoms with Crippen LogP contribution in [0.15, 0.2) is 18.2 Å². The summed E-state index contributed by atoms with van der Waals surface area (Å²) in [5.41, 5.74) is 6.91. The number of nitrogens with zero attached hydrogens (tertiary/aromatic N) is 2. The van der Waals surface area contributed by atoms with E-state index in [2.05, 4.69) is 4.98 Å². The summed E-state index contributed by atoms with van der Waals surface area (Å²) in [6.45, 7) is 3.91. The molecule has 2 aromatic rings. The van der Waals surface area contributed by atoms with Crippen LogP contribution in [0, 0.1) is 5.82 Å². The Labute approximate surface area is 109 Å². The van der Waals surface area contributed by atoms with Crippen LogP contribution >= 0.6 is 11.6 Å². The summed E-state index contributed by atoms with van der Waals surface area (Å²) in [5.74, 6) is 6.40. The molecule has 1 aromatic heterocycles. The lowest BCUT2D eigenvalue weighted by Gasteiger charge is -2.04. The van der Waals surface area contributed by atoms with Crippen LogP contribution in [0.1, 0.15) is 25.6 Å². The van der Waals surface area contributed by atoms with Crippen molar-refractivity contribution in [3.05, 3.63) is 34.9 Å². The molecule has 4 N–H and O–H groups in total. The smallest absolute Gasteiger partial charge is 0.150 e. The molecule has 1 aromatic carbocycles. The molecule has 6 heteroatoms. The van der Waals surface area contributed by atoms with Crippen molar-refractivity contribution in [1.82, 2.24) is 9.66 Å². The van der Waals surface area contributed by atoms with Gasteiger partial charge in [0.25, 0.3) is 0 Å². The third-order valence-electron chi connectivity index (χ3n) is 2.68. The summed E-state index contributed by atoms with van der Waals surface area (Å²) in [5, 5.41) is 0.0635. The Balaban J connectivity index is 2.57. The maximum atomic E-state index is 13.4. The van der Waals surface area contributed by atoms with Crippen LogP contribution in [0.4, 0.5) is 10.2 Å².